The molecule has 0 spiro atoms. The lowest BCUT2D eigenvalue weighted by Gasteiger charge is -2.48. The number of nitrogens with zero attached hydrogens (tertiary/aromatic N) is 3. The molecule has 2 aliphatic heterocycles. The lowest BCUT2D eigenvalue weighted by Crippen LogP contribution is -2.60. The Morgan fingerprint density at radius 1 is 0.935 bits per heavy atom. The van der Waals surface area contributed by atoms with E-state index in [9.17, 15) is 0 Å². The number of para-hydroxylation sites is 1. The van der Waals surface area contributed by atoms with Crippen LogP contribution in [0.3, 0.4) is 0 Å². The maximum absolute atomic E-state index is 5.62. The Labute approximate surface area is 187 Å². The van der Waals surface area contributed by atoms with Crippen LogP contribution in [0.5, 0.6) is 0 Å². The highest BCUT2D eigenvalue weighted by Gasteiger charge is 2.38. The van der Waals surface area contributed by atoms with Gasteiger partial charge in [-0.25, -0.2) is 0 Å². The van der Waals surface area contributed by atoms with E-state index in [0.29, 0.717) is 0 Å². The second kappa shape index (κ2) is 11.2. The fourth-order valence-corrected chi connectivity index (χ4v) is 5.27. The summed E-state index contributed by atoms with van der Waals surface area (Å²) in [5.74, 6) is 0.884. The van der Waals surface area contributed by atoms with Crippen LogP contribution in [0.4, 0.5) is 5.69 Å². The molecule has 0 aromatic heterocycles. The van der Waals surface area contributed by atoms with Crippen LogP contribution in [0.15, 0.2) is 29.3 Å². The van der Waals surface area contributed by atoms with E-state index in [1.54, 1.807) is 0 Å². The Morgan fingerprint density at radius 2 is 1.61 bits per heavy atom. The van der Waals surface area contributed by atoms with Gasteiger partial charge in [-0.3, -0.25) is 9.89 Å². The smallest absolute Gasteiger partial charge is 0.191 e. The van der Waals surface area contributed by atoms with Crippen LogP contribution in [0, 0.1) is 0 Å². The SMILES string of the molecule is CN=C(NCc1ccccc1N1CCOCC1)NCC1(N2CCOCC2)CCCCC1. The van der Waals surface area contributed by atoms with E-state index >= 15 is 0 Å². The van der Waals surface area contributed by atoms with Gasteiger partial charge in [-0.05, 0) is 24.5 Å². The predicted molar refractivity (Wildman–Crippen MR) is 126 cm³/mol. The summed E-state index contributed by atoms with van der Waals surface area (Å²) in [5.41, 5.74) is 2.82. The first-order valence-corrected chi connectivity index (χ1v) is 12.0. The highest BCUT2D eigenvalue weighted by Crippen LogP contribution is 2.33. The summed E-state index contributed by atoms with van der Waals surface area (Å²) in [7, 11) is 1.87. The van der Waals surface area contributed by atoms with Crippen molar-refractivity contribution in [1.29, 1.82) is 0 Å². The van der Waals surface area contributed by atoms with Crippen molar-refractivity contribution in [1.82, 2.24) is 15.5 Å². The maximum Gasteiger partial charge on any atom is 0.191 e. The summed E-state index contributed by atoms with van der Waals surface area (Å²) in [5, 5.41) is 7.23. The quantitative estimate of drug-likeness (QED) is 0.534. The van der Waals surface area contributed by atoms with E-state index < -0.39 is 0 Å². The number of hydrogen-bond acceptors (Lipinski definition) is 5. The molecule has 3 fully saturated rings. The van der Waals surface area contributed by atoms with E-state index in [-0.39, 0.29) is 5.54 Å². The number of ether oxygens (including phenoxy) is 2. The molecule has 0 bridgehead atoms. The average molecular weight is 430 g/mol. The molecular weight excluding hydrogens is 390 g/mol. The van der Waals surface area contributed by atoms with Crippen molar-refractivity contribution >= 4 is 11.6 Å². The molecule has 0 amide bonds. The van der Waals surface area contributed by atoms with Gasteiger partial charge in [-0.1, -0.05) is 37.5 Å². The minimum Gasteiger partial charge on any atom is -0.379 e. The van der Waals surface area contributed by atoms with Gasteiger partial charge in [0.1, 0.15) is 0 Å². The number of morpholine rings is 2. The molecule has 7 heteroatoms. The fourth-order valence-electron chi connectivity index (χ4n) is 5.27. The Morgan fingerprint density at radius 3 is 2.32 bits per heavy atom. The summed E-state index contributed by atoms with van der Waals surface area (Å²) < 4.78 is 11.1. The normalized spacial score (nSPS) is 22.9. The third kappa shape index (κ3) is 5.70. The lowest BCUT2D eigenvalue weighted by molar-refractivity contribution is -0.0352. The number of guanidine groups is 1. The molecule has 0 atom stereocenters. The molecule has 3 aliphatic rings. The number of anilines is 1. The minimum atomic E-state index is 0.228. The molecule has 0 unspecified atom stereocenters. The zero-order valence-electron chi connectivity index (χ0n) is 19.1. The van der Waals surface area contributed by atoms with E-state index in [0.717, 1.165) is 71.7 Å². The Kier molecular flexibility index (Phi) is 8.05. The molecule has 2 saturated heterocycles. The molecule has 1 aromatic carbocycles. The summed E-state index contributed by atoms with van der Waals surface area (Å²) in [6.45, 7) is 9.00. The van der Waals surface area contributed by atoms with Crippen LogP contribution in [-0.2, 0) is 16.0 Å². The van der Waals surface area contributed by atoms with Gasteiger partial charge in [0, 0.05) is 57.5 Å². The van der Waals surface area contributed by atoms with Gasteiger partial charge in [0.25, 0.3) is 0 Å². The van der Waals surface area contributed by atoms with Gasteiger partial charge >= 0.3 is 0 Å². The molecule has 2 heterocycles. The van der Waals surface area contributed by atoms with E-state index in [2.05, 4.69) is 49.7 Å². The zero-order chi connectivity index (χ0) is 21.4. The highest BCUT2D eigenvalue weighted by molar-refractivity contribution is 5.80. The largest absolute Gasteiger partial charge is 0.379 e. The van der Waals surface area contributed by atoms with Gasteiger partial charge in [0.05, 0.1) is 26.4 Å². The van der Waals surface area contributed by atoms with Crippen molar-refractivity contribution < 1.29 is 9.47 Å². The first kappa shape index (κ1) is 22.4. The topological polar surface area (TPSA) is 61.4 Å². The van der Waals surface area contributed by atoms with Crippen molar-refractivity contribution in [3.05, 3.63) is 29.8 Å². The van der Waals surface area contributed by atoms with E-state index in [1.807, 2.05) is 7.05 Å². The number of benzene rings is 1. The minimum absolute atomic E-state index is 0.228. The third-order valence-electron chi connectivity index (χ3n) is 7.06. The van der Waals surface area contributed by atoms with Crippen LogP contribution in [-0.4, -0.2) is 82.6 Å². The molecule has 2 N–H and O–H groups in total. The maximum atomic E-state index is 5.62. The molecule has 1 aliphatic carbocycles. The summed E-state index contributed by atoms with van der Waals surface area (Å²) >= 11 is 0. The van der Waals surface area contributed by atoms with Crippen molar-refractivity contribution in [2.24, 2.45) is 4.99 Å². The van der Waals surface area contributed by atoms with Crippen LogP contribution in [0.1, 0.15) is 37.7 Å². The van der Waals surface area contributed by atoms with Crippen LogP contribution in [0.25, 0.3) is 0 Å². The van der Waals surface area contributed by atoms with Crippen LogP contribution < -0.4 is 15.5 Å². The number of hydrogen-bond donors (Lipinski definition) is 2. The van der Waals surface area contributed by atoms with Gasteiger partial charge in [0.15, 0.2) is 5.96 Å². The zero-order valence-corrected chi connectivity index (χ0v) is 19.1. The van der Waals surface area contributed by atoms with Crippen molar-refractivity contribution in [3.8, 4) is 0 Å². The molecule has 172 valence electrons. The molecule has 31 heavy (non-hydrogen) atoms. The van der Waals surface area contributed by atoms with Crippen LogP contribution in [0.2, 0.25) is 0 Å². The van der Waals surface area contributed by atoms with E-state index in [1.165, 1.54) is 43.4 Å². The molecular formula is C24H39N5O2. The molecule has 1 aromatic rings. The Hall–Kier alpha value is -1.83. The molecule has 4 rings (SSSR count). The lowest BCUT2D eigenvalue weighted by atomic mass is 9.80. The first-order chi connectivity index (χ1) is 15.3. The number of rotatable bonds is 6. The Bertz CT molecular complexity index is 708. The molecule has 1 saturated carbocycles. The van der Waals surface area contributed by atoms with Crippen molar-refractivity contribution in [3.63, 3.8) is 0 Å². The van der Waals surface area contributed by atoms with E-state index in [4.69, 9.17) is 9.47 Å². The predicted octanol–water partition coefficient (Wildman–Crippen LogP) is 2.22. The summed E-state index contributed by atoms with van der Waals surface area (Å²) in [6.07, 6.45) is 6.51. The van der Waals surface area contributed by atoms with Gasteiger partial charge in [-0.2, -0.15) is 0 Å². The molecule has 0 radical (unpaired) electrons. The molecule has 7 nitrogen and oxygen atoms in total. The second-order valence-corrected chi connectivity index (χ2v) is 8.89. The number of nitrogens with one attached hydrogen (secondary N) is 2. The monoisotopic (exact) mass is 429 g/mol. The fraction of sp³-hybridized carbons (Fsp3) is 0.708. The summed E-state index contributed by atoms with van der Waals surface area (Å²) in [4.78, 5) is 9.62. The Balaban J connectivity index is 1.36. The average Bonchev–Trinajstić information content (AvgIpc) is 2.86. The van der Waals surface area contributed by atoms with Gasteiger partial charge in [0.2, 0.25) is 0 Å². The van der Waals surface area contributed by atoms with Gasteiger partial charge in [-0.15, -0.1) is 0 Å². The van der Waals surface area contributed by atoms with Crippen LogP contribution >= 0.6 is 0 Å². The van der Waals surface area contributed by atoms with Gasteiger partial charge < -0.3 is 25.0 Å². The first-order valence-electron chi connectivity index (χ1n) is 12.0. The second-order valence-electron chi connectivity index (χ2n) is 8.89. The number of aliphatic imine (C=N–C) groups is 1. The van der Waals surface area contributed by atoms with Crippen molar-refractivity contribution in [2.75, 3.05) is 71.1 Å². The highest BCUT2D eigenvalue weighted by atomic mass is 16.5. The third-order valence-corrected chi connectivity index (χ3v) is 7.06. The summed E-state index contributed by atoms with van der Waals surface area (Å²) in [6, 6.07) is 8.67. The van der Waals surface area contributed by atoms with Crippen molar-refractivity contribution in [2.45, 2.75) is 44.2 Å². The standard InChI is InChI=1S/C24H39N5O2/c1-25-23(26-19-21-7-3-4-8-22(21)28-11-15-30-16-12-28)27-20-24(9-5-2-6-10-24)29-13-17-31-18-14-29/h3-4,7-8H,2,5-6,9-20H2,1H3,(H2,25,26,27).